The number of aliphatic carboxylic acids is 1. The number of hydrogen-bond donors (Lipinski definition) is 3. The first-order valence-corrected chi connectivity index (χ1v) is 7.77. The Morgan fingerprint density at radius 2 is 1.57 bits per heavy atom. The van der Waals surface area contributed by atoms with E-state index in [0.29, 0.717) is 0 Å². The van der Waals surface area contributed by atoms with Gasteiger partial charge in [0.2, 0.25) is 0 Å². The van der Waals surface area contributed by atoms with Gasteiger partial charge in [0.15, 0.2) is 6.10 Å². The van der Waals surface area contributed by atoms with Crippen molar-refractivity contribution in [3.8, 4) is 0 Å². The molecule has 8 heteroatoms. The van der Waals surface area contributed by atoms with Crippen LogP contribution < -0.4 is 0 Å². The van der Waals surface area contributed by atoms with Crippen molar-refractivity contribution in [2.45, 2.75) is 64.1 Å². The van der Waals surface area contributed by atoms with Crippen LogP contribution in [0.4, 0.5) is 0 Å². The van der Waals surface area contributed by atoms with E-state index in [-0.39, 0.29) is 13.0 Å². The van der Waals surface area contributed by atoms with E-state index in [9.17, 15) is 19.5 Å². The van der Waals surface area contributed by atoms with Gasteiger partial charge < -0.3 is 24.8 Å². The highest BCUT2D eigenvalue weighted by Crippen LogP contribution is 2.06. The lowest BCUT2D eigenvalue weighted by Gasteiger charge is -2.13. The maximum Gasteiger partial charge on any atom is 0.335 e. The first kappa shape index (κ1) is 21.3. The number of carboxylic acid groups (broad SMARTS) is 1. The molecular weight excluding hydrogens is 308 g/mol. The van der Waals surface area contributed by atoms with Crippen LogP contribution in [0.15, 0.2) is 0 Å². The molecule has 2 unspecified atom stereocenters. The Morgan fingerprint density at radius 3 is 2.17 bits per heavy atom. The smallest absolute Gasteiger partial charge is 0.335 e. The van der Waals surface area contributed by atoms with E-state index in [1.54, 1.807) is 0 Å². The molecule has 0 aromatic heterocycles. The molecule has 0 rings (SSSR count). The van der Waals surface area contributed by atoms with Gasteiger partial charge in [0.05, 0.1) is 6.42 Å². The van der Waals surface area contributed by atoms with Gasteiger partial charge in [0.1, 0.15) is 19.3 Å². The summed E-state index contributed by atoms with van der Waals surface area (Å²) in [4.78, 5) is 32.9. The zero-order valence-corrected chi connectivity index (χ0v) is 13.4. The lowest BCUT2D eigenvalue weighted by molar-refractivity contribution is -0.162. The van der Waals surface area contributed by atoms with Crippen LogP contribution in [0.25, 0.3) is 0 Å². The van der Waals surface area contributed by atoms with E-state index in [4.69, 9.17) is 14.9 Å². The number of carboxylic acids is 1. The van der Waals surface area contributed by atoms with Crippen LogP contribution in [0.2, 0.25) is 0 Å². The molecule has 134 valence electrons. The maximum absolute atomic E-state index is 11.4. The van der Waals surface area contributed by atoms with Gasteiger partial charge >= 0.3 is 17.9 Å². The Morgan fingerprint density at radius 1 is 0.957 bits per heavy atom. The number of ether oxygens (including phenoxy) is 2. The van der Waals surface area contributed by atoms with Crippen molar-refractivity contribution in [2.75, 3.05) is 13.2 Å². The van der Waals surface area contributed by atoms with Gasteiger partial charge in [-0.3, -0.25) is 9.59 Å². The van der Waals surface area contributed by atoms with E-state index in [2.05, 4.69) is 11.7 Å². The third kappa shape index (κ3) is 12.5. The average Bonchev–Trinajstić information content (AvgIpc) is 2.49. The minimum absolute atomic E-state index is 0.271. The summed E-state index contributed by atoms with van der Waals surface area (Å²) in [6.07, 6.45) is 1.49. The number of esters is 2. The molecule has 23 heavy (non-hydrogen) atoms. The van der Waals surface area contributed by atoms with Crippen LogP contribution in [0.5, 0.6) is 0 Å². The van der Waals surface area contributed by atoms with Crippen LogP contribution in [0.3, 0.4) is 0 Å². The summed E-state index contributed by atoms with van der Waals surface area (Å²) in [5.74, 6) is -2.92. The van der Waals surface area contributed by atoms with Gasteiger partial charge in [-0.1, -0.05) is 32.6 Å². The summed E-state index contributed by atoms with van der Waals surface area (Å²) in [6.45, 7) is 1.29. The minimum atomic E-state index is -1.79. The Balaban J connectivity index is 3.73. The SMILES string of the molecule is CCCCCCCC(=O)OCC(O)COC(=O)C(O)CC(=O)O. The molecule has 0 radical (unpaired) electrons. The number of aliphatic hydroxyl groups excluding tert-OH is 2. The number of carbonyl (C=O) groups excluding carboxylic acids is 2. The normalized spacial score (nSPS) is 13.2. The van der Waals surface area contributed by atoms with Gasteiger partial charge in [0, 0.05) is 6.42 Å². The summed E-state index contributed by atoms with van der Waals surface area (Å²) in [5, 5.41) is 27.1. The number of rotatable bonds is 13. The van der Waals surface area contributed by atoms with Crippen molar-refractivity contribution in [3.63, 3.8) is 0 Å². The standard InChI is InChI=1S/C15H26O8/c1-2-3-4-5-6-7-14(20)22-9-11(16)10-23-15(21)12(17)8-13(18)19/h11-12,16-17H,2-10H2,1H3,(H,18,19). The second-order valence-electron chi connectivity index (χ2n) is 5.24. The second-order valence-corrected chi connectivity index (χ2v) is 5.24. The Labute approximate surface area is 135 Å². The summed E-state index contributed by atoms with van der Waals surface area (Å²) in [6, 6.07) is 0. The van der Waals surface area contributed by atoms with E-state index in [0.717, 1.165) is 32.1 Å². The van der Waals surface area contributed by atoms with Crippen LogP contribution >= 0.6 is 0 Å². The predicted molar refractivity (Wildman–Crippen MR) is 79.6 cm³/mol. The summed E-state index contributed by atoms with van der Waals surface area (Å²) in [5.41, 5.74) is 0. The molecule has 0 aliphatic carbocycles. The molecule has 0 bridgehead atoms. The molecule has 0 saturated heterocycles. The minimum Gasteiger partial charge on any atom is -0.481 e. The van der Waals surface area contributed by atoms with Gasteiger partial charge in [-0.15, -0.1) is 0 Å². The van der Waals surface area contributed by atoms with Crippen molar-refractivity contribution in [1.82, 2.24) is 0 Å². The van der Waals surface area contributed by atoms with Crippen molar-refractivity contribution < 1.29 is 39.2 Å². The fraction of sp³-hybridized carbons (Fsp3) is 0.800. The Hall–Kier alpha value is -1.67. The zero-order valence-electron chi connectivity index (χ0n) is 13.4. The largest absolute Gasteiger partial charge is 0.481 e. The van der Waals surface area contributed by atoms with Gasteiger partial charge in [-0.2, -0.15) is 0 Å². The van der Waals surface area contributed by atoms with E-state index in [1.165, 1.54) is 0 Å². The third-order valence-electron chi connectivity index (χ3n) is 2.98. The topological polar surface area (TPSA) is 130 Å². The monoisotopic (exact) mass is 334 g/mol. The zero-order chi connectivity index (χ0) is 17.7. The van der Waals surface area contributed by atoms with Gasteiger partial charge in [-0.05, 0) is 6.42 Å². The lowest BCUT2D eigenvalue weighted by Crippen LogP contribution is -2.31. The van der Waals surface area contributed by atoms with Crippen LogP contribution in [-0.4, -0.2) is 58.6 Å². The Bertz CT molecular complexity index is 368. The van der Waals surface area contributed by atoms with Crippen LogP contribution in [0, 0.1) is 0 Å². The molecule has 3 N–H and O–H groups in total. The molecule has 0 spiro atoms. The van der Waals surface area contributed by atoms with Crippen LogP contribution in [0.1, 0.15) is 51.9 Å². The van der Waals surface area contributed by atoms with Gasteiger partial charge in [-0.25, -0.2) is 4.79 Å². The van der Waals surface area contributed by atoms with E-state index < -0.39 is 43.1 Å². The Kier molecular flexibility index (Phi) is 11.9. The average molecular weight is 334 g/mol. The van der Waals surface area contributed by atoms with Crippen LogP contribution in [-0.2, 0) is 23.9 Å². The first-order chi connectivity index (χ1) is 10.9. The third-order valence-corrected chi connectivity index (χ3v) is 2.98. The lowest BCUT2D eigenvalue weighted by atomic mass is 10.1. The summed E-state index contributed by atoms with van der Waals surface area (Å²) >= 11 is 0. The number of hydrogen-bond acceptors (Lipinski definition) is 7. The maximum atomic E-state index is 11.4. The highest BCUT2D eigenvalue weighted by Gasteiger charge is 2.21. The fourth-order valence-corrected chi connectivity index (χ4v) is 1.71. The number of carbonyl (C=O) groups is 3. The first-order valence-electron chi connectivity index (χ1n) is 7.77. The second kappa shape index (κ2) is 12.8. The molecule has 0 aromatic carbocycles. The molecule has 0 fully saturated rings. The van der Waals surface area contributed by atoms with Crippen molar-refractivity contribution in [3.05, 3.63) is 0 Å². The number of unbranched alkanes of at least 4 members (excludes halogenated alkanes) is 4. The molecule has 0 heterocycles. The van der Waals surface area contributed by atoms with Crippen molar-refractivity contribution in [1.29, 1.82) is 0 Å². The van der Waals surface area contributed by atoms with E-state index in [1.807, 2.05) is 0 Å². The fourth-order valence-electron chi connectivity index (χ4n) is 1.71. The molecule has 8 nitrogen and oxygen atoms in total. The molecule has 0 aliphatic heterocycles. The predicted octanol–water partition coefficient (Wildman–Crippen LogP) is 0.630. The molecule has 0 aliphatic rings. The van der Waals surface area contributed by atoms with Crippen molar-refractivity contribution >= 4 is 17.9 Å². The molecule has 0 saturated carbocycles. The molecule has 2 atom stereocenters. The quantitative estimate of drug-likeness (QED) is 0.330. The highest BCUT2D eigenvalue weighted by molar-refractivity contribution is 5.80. The van der Waals surface area contributed by atoms with Crippen molar-refractivity contribution in [2.24, 2.45) is 0 Å². The van der Waals surface area contributed by atoms with E-state index >= 15 is 0 Å². The summed E-state index contributed by atoms with van der Waals surface area (Å²) < 4.78 is 9.36. The summed E-state index contributed by atoms with van der Waals surface area (Å²) in [7, 11) is 0. The molecule has 0 aromatic rings. The molecular formula is C15H26O8. The highest BCUT2D eigenvalue weighted by atomic mass is 16.6. The van der Waals surface area contributed by atoms with Gasteiger partial charge in [0.25, 0.3) is 0 Å². The number of aliphatic hydroxyl groups is 2. The molecule has 0 amide bonds.